The van der Waals surface area contributed by atoms with Gasteiger partial charge in [0.25, 0.3) is 0 Å². The van der Waals surface area contributed by atoms with E-state index in [4.69, 9.17) is 33.9 Å². The van der Waals surface area contributed by atoms with Crippen molar-refractivity contribution in [3.8, 4) is 28.4 Å². The number of ether oxygens (including phenoxy) is 5. The zero-order chi connectivity index (χ0) is 35.4. The number of benzene rings is 3. The van der Waals surface area contributed by atoms with Crippen molar-refractivity contribution < 1.29 is 43.5 Å². The molecule has 0 atom stereocenters. The van der Waals surface area contributed by atoms with E-state index in [1.807, 2.05) is 49.4 Å². The number of rotatable bonds is 23. The van der Waals surface area contributed by atoms with Crippen molar-refractivity contribution >= 4 is 11.9 Å². The quantitative estimate of drug-likeness (QED) is 0.0626. The van der Waals surface area contributed by atoms with E-state index in [1.54, 1.807) is 0 Å². The van der Waals surface area contributed by atoms with Gasteiger partial charge in [-0.2, -0.15) is 0 Å². The molecule has 0 aliphatic carbocycles. The van der Waals surface area contributed by atoms with Gasteiger partial charge in [0, 0.05) is 0 Å². The molecule has 3 aromatic carbocycles. The van der Waals surface area contributed by atoms with Gasteiger partial charge in [-0.25, -0.2) is 9.59 Å². The fourth-order valence-corrected chi connectivity index (χ4v) is 5.02. The van der Waals surface area contributed by atoms with Crippen LogP contribution in [0.5, 0.6) is 17.2 Å². The molecule has 0 spiro atoms. The van der Waals surface area contributed by atoms with E-state index in [0.717, 1.165) is 41.7 Å². The largest absolute Gasteiger partial charge is 0.490 e. The zero-order valence-electron chi connectivity index (χ0n) is 28.8. The molecule has 2 N–H and O–H groups in total. The summed E-state index contributed by atoms with van der Waals surface area (Å²) in [5, 5.41) is 18.0. The number of hydrogen-bond donors (Lipinski definition) is 2. The van der Waals surface area contributed by atoms with E-state index in [2.05, 4.69) is 38.3 Å². The normalized spacial score (nSPS) is 10.7. The molecular formula is C40H50O9. The van der Waals surface area contributed by atoms with Crippen LogP contribution in [0.2, 0.25) is 0 Å². The molecule has 0 radical (unpaired) electrons. The summed E-state index contributed by atoms with van der Waals surface area (Å²) in [5.74, 6) is 0.840. The second-order valence-electron chi connectivity index (χ2n) is 11.6. The highest BCUT2D eigenvalue weighted by molar-refractivity contribution is 5.88. The third kappa shape index (κ3) is 13.1. The predicted molar refractivity (Wildman–Crippen MR) is 190 cm³/mol. The maximum Gasteiger partial charge on any atom is 0.335 e. The van der Waals surface area contributed by atoms with Crippen LogP contribution in [0.1, 0.15) is 62.6 Å². The van der Waals surface area contributed by atoms with Crippen molar-refractivity contribution in [1.82, 2.24) is 0 Å². The Bertz CT molecular complexity index is 1510. The summed E-state index contributed by atoms with van der Waals surface area (Å²) in [4.78, 5) is 23.3. The van der Waals surface area contributed by atoms with E-state index < -0.39 is 25.2 Å². The van der Waals surface area contributed by atoms with Gasteiger partial charge in [0.2, 0.25) is 0 Å². The number of aliphatic hydroxyl groups excluding tert-OH is 2. The predicted octanol–water partition coefficient (Wildman–Crippen LogP) is 6.95. The van der Waals surface area contributed by atoms with Crippen LogP contribution in [0.3, 0.4) is 0 Å². The van der Waals surface area contributed by atoms with Gasteiger partial charge in [0.1, 0.15) is 50.3 Å². The number of aryl methyl sites for hydroxylation is 2. The molecule has 49 heavy (non-hydrogen) atoms. The molecule has 0 aromatic heterocycles. The third-order valence-corrected chi connectivity index (χ3v) is 7.82. The van der Waals surface area contributed by atoms with E-state index in [9.17, 15) is 9.59 Å². The van der Waals surface area contributed by atoms with E-state index in [1.165, 1.54) is 36.8 Å². The summed E-state index contributed by atoms with van der Waals surface area (Å²) in [7, 11) is 0. The summed E-state index contributed by atoms with van der Waals surface area (Å²) in [6, 6.07) is 20.1. The minimum Gasteiger partial charge on any atom is -0.490 e. The fourth-order valence-electron chi connectivity index (χ4n) is 5.02. The Labute approximate surface area is 290 Å². The number of hydrogen-bond acceptors (Lipinski definition) is 9. The first-order chi connectivity index (χ1) is 23.8. The molecule has 0 aliphatic heterocycles. The smallest absolute Gasteiger partial charge is 0.335 e. The summed E-state index contributed by atoms with van der Waals surface area (Å²) < 4.78 is 27.9. The molecule has 0 heterocycles. The Balaban J connectivity index is 1.63. The Morgan fingerprint density at radius 2 is 1.29 bits per heavy atom. The molecule has 264 valence electrons. The highest BCUT2D eigenvalue weighted by atomic mass is 16.6. The minimum atomic E-state index is -0.636. The van der Waals surface area contributed by atoms with Crippen LogP contribution >= 0.6 is 0 Å². The van der Waals surface area contributed by atoms with Crippen LogP contribution in [-0.4, -0.2) is 61.8 Å². The molecule has 0 amide bonds. The van der Waals surface area contributed by atoms with E-state index in [0.29, 0.717) is 18.1 Å². The van der Waals surface area contributed by atoms with Crippen LogP contribution in [0.4, 0.5) is 0 Å². The standard InChI is InChI=1S/C40H50O9/c1-5-7-8-9-10-11-34-24-31(12-18-37(34)33-13-15-35(16-14-33)45-20-22-47-39(43)29(3)26-41)28-49-36-17-19-38(32(6-2)25-36)46-21-23-48-40(44)30(4)27-42/h12-19,24-25,41-42H,3-11,20-23,26-28H2,1-2H3. The topological polar surface area (TPSA) is 121 Å². The fraction of sp³-hybridized carbons (Fsp3) is 0.400. The molecule has 0 saturated carbocycles. The average molecular weight is 675 g/mol. The second kappa shape index (κ2) is 21.4. The summed E-state index contributed by atoms with van der Waals surface area (Å²) in [6.07, 6.45) is 7.68. The third-order valence-electron chi connectivity index (χ3n) is 7.82. The maximum absolute atomic E-state index is 11.7. The molecule has 3 aromatic rings. The molecule has 9 nitrogen and oxygen atoms in total. The van der Waals surface area contributed by atoms with Gasteiger partial charge in [-0.3, -0.25) is 0 Å². The van der Waals surface area contributed by atoms with Gasteiger partial charge in [-0.05, 0) is 77.4 Å². The van der Waals surface area contributed by atoms with Crippen molar-refractivity contribution in [2.75, 3.05) is 39.6 Å². The molecular weight excluding hydrogens is 624 g/mol. The number of carbonyl (C=O) groups excluding carboxylic acids is 2. The summed E-state index contributed by atoms with van der Waals surface area (Å²) >= 11 is 0. The molecule has 3 rings (SSSR count). The van der Waals surface area contributed by atoms with E-state index in [-0.39, 0.29) is 37.6 Å². The van der Waals surface area contributed by atoms with Crippen molar-refractivity contribution in [2.24, 2.45) is 0 Å². The molecule has 9 heteroatoms. The van der Waals surface area contributed by atoms with Crippen LogP contribution in [0.25, 0.3) is 11.1 Å². The van der Waals surface area contributed by atoms with Crippen molar-refractivity contribution in [3.63, 3.8) is 0 Å². The number of esters is 2. The second-order valence-corrected chi connectivity index (χ2v) is 11.6. The number of carbonyl (C=O) groups is 2. The van der Waals surface area contributed by atoms with Gasteiger partial charge in [-0.1, -0.05) is 83.0 Å². The Morgan fingerprint density at radius 1 is 0.653 bits per heavy atom. The summed E-state index contributed by atoms with van der Waals surface area (Å²) in [6.45, 7) is 11.2. The molecule has 0 saturated heterocycles. The number of aliphatic hydroxyl groups is 2. The summed E-state index contributed by atoms with van der Waals surface area (Å²) in [5.41, 5.74) is 5.60. The lowest BCUT2D eigenvalue weighted by Gasteiger charge is -2.15. The van der Waals surface area contributed by atoms with Gasteiger partial charge in [-0.15, -0.1) is 0 Å². The van der Waals surface area contributed by atoms with Crippen molar-refractivity contribution in [2.45, 2.75) is 65.4 Å². The van der Waals surface area contributed by atoms with Crippen LogP contribution < -0.4 is 14.2 Å². The van der Waals surface area contributed by atoms with Crippen LogP contribution in [-0.2, 0) is 38.5 Å². The van der Waals surface area contributed by atoms with Crippen molar-refractivity contribution in [3.05, 3.63) is 102 Å². The molecule has 0 bridgehead atoms. The molecule has 0 fully saturated rings. The van der Waals surface area contributed by atoms with Gasteiger partial charge >= 0.3 is 11.9 Å². The van der Waals surface area contributed by atoms with Gasteiger partial charge in [0.05, 0.1) is 24.4 Å². The number of unbranched alkanes of at least 4 members (excludes halogenated alkanes) is 4. The highest BCUT2D eigenvalue weighted by Crippen LogP contribution is 2.30. The highest BCUT2D eigenvalue weighted by Gasteiger charge is 2.12. The lowest BCUT2D eigenvalue weighted by atomic mass is 9.94. The lowest BCUT2D eigenvalue weighted by molar-refractivity contribution is -0.141. The Morgan fingerprint density at radius 3 is 1.92 bits per heavy atom. The Kier molecular flexibility index (Phi) is 17.0. The maximum atomic E-state index is 11.7. The zero-order valence-corrected chi connectivity index (χ0v) is 28.8. The van der Waals surface area contributed by atoms with Crippen molar-refractivity contribution in [1.29, 1.82) is 0 Å². The molecule has 0 unspecified atom stereocenters. The molecule has 0 aliphatic rings. The first-order valence-corrected chi connectivity index (χ1v) is 16.9. The van der Waals surface area contributed by atoms with Crippen LogP contribution in [0.15, 0.2) is 85.0 Å². The minimum absolute atomic E-state index is 0.00650. The first-order valence-electron chi connectivity index (χ1n) is 16.9. The average Bonchev–Trinajstić information content (AvgIpc) is 3.13. The van der Waals surface area contributed by atoms with E-state index >= 15 is 0 Å². The lowest BCUT2D eigenvalue weighted by Crippen LogP contribution is -2.15. The SMILES string of the molecule is C=C(CO)C(=O)OCCOc1ccc(-c2ccc(COc3ccc(OCCOC(=O)C(=C)CO)c(CC)c3)cc2CCCCCCC)cc1. The monoisotopic (exact) mass is 674 g/mol. The van der Waals surface area contributed by atoms with Crippen LogP contribution in [0, 0.1) is 0 Å². The Hall–Kier alpha value is -4.60. The van der Waals surface area contributed by atoms with Gasteiger partial charge < -0.3 is 33.9 Å². The van der Waals surface area contributed by atoms with Gasteiger partial charge in [0.15, 0.2) is 0 Å². The first kappa shape index (κ1) is 38.8.